The second-order valence-corrected chi connectivity index (χ2v) is 7.16. The molecule has 1 aliphatic heterocycles. The van der Waals surface area contributed by atoms with Crippen molar-refractivity contribution in [3.8, 4) is 0 Å². The molecule has 1 heterocycles. The van der Waals surface area contributed by atoms with Crippen LogP contribution in [0, 0.1) is 6.92 Å². The molecule has 1 unspecified atom stereocenters. The van der Waals surface area contributed by atoms with Gasteiger partial charge in [0.1, 0.15) is 6.04 Å². The molecule has 1 fully saturated rings. The van der Waals surface area contributed by atoms with E-state index in [0.29, 0.717) is 0 Å². The molecule has 1 amide bonds. The van der Waals surface area contributed by atoms with Gasteiger partial charge in [0.2, 0.25) is 5.91 Å². The van der Waals surface area contributed by atoms with Gasteiger partial charge in [0.05, 0.1) is 0 Å². The average molecular weight is 352 g/mol. The molecule has 0 spiro atoms. The number of anilines is 1. The van der Waals surface area contributed by atoms with Gasteiger partial charge in [0.15, 0.2) is 0 Å². The monoisotopic (exact) mass is 352 g/mol. The molecular formula is C21H28N4O. The summed E-state index contributed by atoms with van der Waals surface area (Å²) in [6.45, 7) is 7.27. The Hall–Kier alpha value is -2.21. The molecule has 0 saturated carbocycles. The van der Waals surface area contributed by atoms with Crippen LogP contribution in [0.2, 0.25) is 0 Å². The lowest BCUT2D eigenvalue weighted by atomic mass is 10.1. The van der Waals surface area contributed by atoms with Crippen molar-refractivity contribution in [3.63, 3.8) is 0 Å². The Morgan fingerprint density at radius 3 is 2.50 bits per heavy atom. The lowest BCUT2D eigenvalue weighted by Gasteiger charge is -2.32. The molecule has 1 saturated heterocycles. The van der Waals surface area contributed by atoms with E-state index in [2.05, 4.69) is 28.2 Å². The summed E-state index contributed by atoms with van der Waals surface area (Å²) in [4.78, 5) is 17.3. The van der Waals surface area contributed by atoms with E-state index in [1.165, 1.54) is 5.56 Å². The van der Waals surface area contributed by atoms with E-state index >= 15 is 0 Å². The van der Waals surface area contributed by atoms with Crippen LogP contribution in [0.1, 0.15) is 22.7 Å². The minimum atomic E-state index is -0.670. The fraction of sp³-hybridized carbons (Fsp3) is 0.381. The van der Waals surface area contributed by atoms with Crippen molar-refractivity contribution >= 4 is 11.6 Å². The van der Waals surface area contributed by atoms with E-state index in [4.69, 9.17) is 5.73 Å². The van der Waals surface area contributed by atoms with E-state index in [9.17, 15) is 4.79 Å². The van der Waals surface area contributed by atoms with Crippen LogP contribution in [0.3, 0.4) is 0 Å². The first-order valence-corrected chi connectivity index (χ1v) is 9.14. The van der Waals surface area contributed by atoms with Crippen molar-refractivity contribution in [2.45, 2.75) is 19.5 Å². The average Bonchev–Trinajstić information content (AvgIpc) is 2.64. The number of carbonyl (C=O) groups excluding carboxylic acids is 1. The van der Waals surface area contributed by atoms with Gasteiger partial charge in [-0.1, -0.05) is 42.0 Å². The van der Waals surface area contributed by atoms with Crippen LogP contribution in [-0.2, 0) is 11.3 Å². The van der Waals surface area contributed by atoms with Gasteiger partial charge in [-0.25, -0.2) is 0 Å². The summed E-state index contributed by atoms with van der Waals surface area (Å²) in [6.07, 6.45) is 0. The maximum atomic E-state index is 12.5. The summed E-state index contributed by atoms with van der Waals surface area (Å²) >= 11 is 0. The Kier molecular flexibility index (Phi) is 6.04. The number of piperazine rings is 1. The number of hydrogen-bond donors (Lipinski definition) is 2. The Balaban J connectivity index is 1.60. The van der Waals surface area contributed by atoms with Crippen molar-refractivity contribution in [3.05, 3.63) is 65.2 Å². The Labute approximate surface area is 155 Å². The number of benzene rings is 2. The number of rotatable bonds is 5. The normalized spacial score (nSPS) is 17.0. The minimum Gasteiger partial charge on any atom is -0.324 e. The third kappa shape index (κ3) is 4.91. The van der Waals surface area contributed by atoms with Crippen LogP contribution in [0.5, 0.6) is 0 Å². The zero-order chi connectivity index (χ0) is 18.5. The van der Waals surface area contributed by atoms with E-state index in [1.54, 1.807) is 0 Å². The predicted molar refractivity (Wildman–Crippen MR) is 106 cm³/mol. The topological polar surface area (TPSA) is 61.6 Å². The molecule has 138 valence electrons. The number of amides is 1. The molecule has 0 aromatic heterocycles. The molecular weight excluding hydrogens is 324 g/mol. The zero-order valence-corrected chi connectivity index (χ0v) is 15.6. The number of aryl methyl sites for hydroxylation is 1. The summed E-state index contributed by atoms with van der Waals surface area (Å²) in [6, 6.07) is 15.1. The fourth-order valence-electron chi connectivity index (χ4n) is 3.16. The van der Waals surface area contributed by atoms with Crippen LogP contribution < -0.4 is 11.1 Å². The first-order valence-electron chi connectivity index (χ1n) is 9.14. The van der Waals surface area contributed by atoms with Gasteiger partial charge in [0, 0.05) is 38.4 Å². The lowest BCUT2D eigenvalue weighted by Crippen LogP contribution is -2.43. The summed E-state index contributed by atoms with van der Waals surface area (Å²) in [7, 11) is 2.16. The Morgan fingerprint density at radius 2 is 1.81 bits per heavy atom. The van der Waals surface area contributed by atoms with Crippen LogP contribution in [-0.4, -0.2) is 48.9 Å². The first kappa shape index (κ1) is 18.6. The van der Waals surface area contributed by atoms with Gasteiger partial charge in [-0.2, -0.15) is 0 Å². The number of nitrogens with zero attached hydrogens (tertiary/aromatic N) is 2. The van der Waals surface area contributed by atoms with Crippen molar-refractivity contribution in [2.24, 2.45) is 5.73 Å². The summed E-state index contributed by atoms with van der Waals surface area (Å²) < 4.78 is 0. The third-order valence-corrected chi connectivity index (χ3v) is 4.92. The lowest BCUT2D eigenvalue weighted by molar-refractivity contribution is -0.117. The molecule has 5 nitrogen and oxygen atoms in total. The molecule has 5 heteroatoms. The second kappa shape index (κ2) is 8.45. The van der Waals surface area contributed by atoms with Gasteiger partial charge in [0.25, 0.3) is 0 Å². The summed E-state index contributed by atoms with van der Waals surface area (Å²) in [5.41, 5.74) is 10.1. The number of hydrogen-bond acceptors (Lipinski definition) is 4. The van der Waals surface area contributed by atoms with Crippen LogP contribution in [0.15, 0.2) is 48.5 Å². The molecule has 2 aromatic rings. The Morgan fingerprint density at radius 1 is 1.12 bits per heavy atom. The van der Waals surface area contributed by atoms with Crippen LogP contribution in [0.25, 0.3) is 0 Å². The quantitative estimate of drug-likeness (QED) is 0.867. The summed E-state index contributed by atoms with van der Waals surface area (Å²) in [5.74, 6) is -0.189. The van der Waals surface area contributed by atoms with Crippen LogP contribution >= 0.6 is 0 Å². The van der Waals surface area contributed by atoms with Gasteiger partial charge in [-0.15, -0.1) is 0 Å². The highest BCUT2D eigenvalue weighted by Gasteiger charge is 2.17. The first-order chi connectivity index (χ1) is 12.5. The molecule has 1 atom stereocenters. The minimum absolute atomic E-state index is 0.189. The Bertz CT molecular complexity index is 736. The van der Waals surface area contributed by atoms with E-state index in [1.807, 2.05) is 49.4 Å². The maximum Gasteiger partial charge on any atom is 0.245 e. The number of nitrogens with one attached hydrogen (secondary N) is 1. The second-order valence-electron chi connectivity index (χ2n) is 7.16. The van der Waals surface area contributed by atoms with Crippen molar-refractivity contribution in [1.29, 1.82) is 0 Å². The van der Waals surface area contributed by atoms with Crippen molar-refractivity contribution in [2.75, 3.05) is 38.5 Å². The molecule has 3 rings (SSSR count). The van der Waals surface area contributed by atoms with Gasteiger partial charge < -0.3 is 16.0 Å². The third-order valence-electron chi connectivity index (χ3n) is 4.92. The fourth-order valence-corrected chi connectivity index (χ4v) is 3.16. The zero-order valence-electron chi connectivity index (χ0n) is 15.6. The van der Waals surface area contributed by atoms with Gasteiger partial charge >= 0.3 is 0 Å². The molecule has 26 heavy (non-hydrogen) atoms. The largest absolute Gasteiger partial charge is 0.324 e. The highest BCUT2D eigenvalue weighted by molar-refractivity contribution is 5.95. The number of carbonyl (C=O) groups is 1. The SMILES string of the molecule is Cc1ccc(C(N)C(=O)Nc2cccc(CN3CCN(C)CC3)c2)cc1. The number of likely N-dealkylation sites (N-methyl/N-ethyl adjacent to an activating group) is 1. The molecule has 3 N–H and O–H groups in total. The molecule has 0 bridgehead atoms. The van der Waals surface area contributed by atoms with E-state index in [-0.39, 0.29) is 5.91 Å². The predicted octanol–water partition coefficient (Wildman–Crippen LogP) is 2.38. The van der Waals surface area contributed by atoms with E-state index in [0.717, 1.165) is 49.5 Å². The van der Waals surface area contributed by atoms with Crippen molar-refractivity contribution in [1.82, 2.24) is 9.80 Å². The van der Waals surface area contributed by atoms with Gasteiger partial charge in [-0.3, -0.25) is 9.69 Å². The highest BCUT2D eigenvalue weighted by atomic mass is 16.2. The van der Waals surface area contributed by atoms with Crippen molar-refractivity contribution < 1.29 is 4.79 Å². The van der Waals surface area contributed by atoms with Gasteiger partial charge in [-0.05, 0) is 37.2 Å². The summed E-state index contributed by atoms with van der Waals surface area (Å²) in [5, 5.41) is 2.95. The maximum absolute atomic E-state index is 12.5. The van der Waals surface area contributed by atoms with Crippen LogP contribution in [0.4, 0.5) is 5.69 Å². The molecule has 2 aromatic carbocycles. The highest BCUT2D eigenvalue weighted by Crippen LogP contribution is 2.17. The molecule has 0 aliphatic carbocycles. The standard InChI is InChI=1S/C21H28N4O/c1-16-6-8-18(9-7-16)20(22)21(26)23-19-5-3-4-17(14-19)15-25-12-10-24(2)11-13-25/h3-9,14,20H,10-13,15,22H2,1-2H3,(H,23,26). The smallest absolute Gasteiger partial charge is 0.245 e. The molecule has 0 radical (unpaired) electrons. The van der Waals surface area contributed by atoms with E-state index < -0.39 is 6.04 Å². The molecule has 1 aliphatic rings. The number of nitrogens with two attached hydrogens (primary N) is 1.